The van der Waals surface area contributed by atoms with Gasteiger partial charge in [0.05, 0.1) is 16.8 Å². The van der Waals surface area contributed by atoms with Crippen LogP contribution in [0.3, 0.4) is 0 Å². The van der Waals surface area contributed by atoms with Gasteiger partial charge >= 0.3 is 5.97 Å². The van der Waals surface area contributed by atoms with Crippen LogP contribution in [0.1, 0.15) is 75.1 Å². The predicted molar refractivity (Wildman–Crippen MR) is 102 cm³/mol. The minimum absolute atomic E-state index is 0.153. The molecule has 1 unspecified atom stereocenters. The molecular formula is C20H29N3O3. The van der Waals surface area contributed by atoms with E-state index in [9.17, 15) is 9.59 Å². The molecule has 2 aromatic heterocycles. The summed E-state index contributed by atoms with van der Waals surface area (Å²) in [5.74, 6) is -0.747. The number of carbonyl (C=O) groups is 2. The molecule has 0 aliphatic rings. The van der Waals surface area contributed by atoms with Crippen molar-refractivity contribution in [3.8, 4) is 0 Å². The second kappa shape index (κ2) is 8.45. The number of aryl methyl sites for hydroxylation is 1. The normalized spacial score (nSPS) is 13.1. The summed E-state index contributed by atoms with van der Waals surface area (Å²) < 4.78 is 1.95. The number of aromatic nitrogens is 2. The molecule has 1 atom stereocenters. The number of pyridine rings is 1. The van der Waals surface area contributed by atoms with Crippen molar-refractivity contribution in [3.05, 3.63) is 29.6 Å². The van der Waals surface area contributed by atoms with Gasteiger partial charge in [-0.2, -0.15) is 0 Å². The first kappa shape index (κ1) is 20.1. The lowest BCUT2D eigenvalue weighted by atomic mass is 9.87. The van der Waals surface area contributed by atoms with Crippen molar-refractivity contribution >= 4 is 23.3 Å². The quantitative estimate of drug-likeness (QED) is 0.495. The maximum atomic E-state index is 11.4. The van der Waals surface area contributed by atoms with E-state index in [-0.39, 0.29) is 6.04 Å². The lowest BCUT2D eigenvalue weighted by Crippen LogP contribution is -2.23. The number of nitrogens with zero attached hydrogens (tertiary/aromatic N) is 2. The molecule has 0 amide bonds. The van der Waals surface area contributed by atoms with Crippen molar-refractivity contribution in [1.29, 1.82) is 0 Å². The third-order valence-electron chi connectivity index (χ3n) is 4.90. The molecule has 142 valence electrons. The molecular weight excluding hydrogens is 330 g/mol. The van der Waals surface area contributed by atoms with E-state index in [4.69, 9.17) is 10.8 Å². The van der Waals surface area contributed by atoms with Crippen molar-refractivity contribution in [2.45, 2.75) is 65.5 Å². The van der Waals surface area contributed by atoms with E-state index in [0.29, 0.717) is 12.1 Å². The number of carboxylic acids is 1. The fourth-order valence-electron chi connectivity index (χ4n) is 3.05. The number of nitrogens with two attached hydrogens (primary N) is 1. The Balaban J connectivity index is 1.96. The Kier molecular flexibility index (Phi) is 6.53. The Labute approximate surface area is 154 Å². The zero-order chi connectivity index (χ0) is 19.3. The van der Waals surface area contributed by atoms with Gasteiger partial charge in [0.2, 0.25) is 0 Å². The van der Waals surface area contributed by atoms with Crippen LogP contribution in [0.4, 0.5) is 0 Å². The molecule has 6 nitrogen and oxygen atoms in total. The number of unbranched alkanes of at least 4 members (excludes halogenated alkanes) is 3. The van der Waals surface area contributed by atoms with Gasteiger partial charge in [-0.1, -0.05) is 19.3 Å². The molecule has 2 heterocycles. The topological polar surface area (TPSA) is 98.2 Å². The first-order valence-electron chi connectivity index (χ1n) is 9.20. The van der Waals surface area contributed by atoms with Crippen molar-refractivity contribution in [3.63, 3.8) is 0 Å². The summed E-state index contributed by atoms with van der Waals surface area (Å²) in [6.07, 6.45) is 5.31. The number of carbonyl (C=O) groups excluding carboxylic acids is 1. The van der Waals surface area contributed by atoms with Crippen molar-refractivity contribution < 1.29 is 14.7 Å². The number of aldehydes is 1. The first-order chi connectivity index (χ1) is 12.3. The van der Waals surface area contributed by atoms with E-state index >= 15 is 0 Å². The predicted octanol–water partition coefficient (Wildman–Crippen LogP) is 3.93. The fraction of sp³-hybridized carbons (Fsp3) is 0.550. The number of hydrogen-bond donors (Lipinski definition) is 2. The van der Waals surface area contributed by atoms with Gasteiger partial charge in [0, 0.05) is 18.0 Å². The summed E-state index contributed by atoms with van der Waals surface area (Å²) in [5, 5.41) is 10.1. The second-order valence-electron chi connectivity index (χ2n) is 7.63. The molecule has 2 rings (SSSR count). The number of carboxylic acid groups (broad SMARTS) is 1. The Hall–Kier alpha value is -2.21. The summed E-state index contributed by atoms with van der Waals surface area (Å²) in [6.45, 7) is 6.13. The molecule has 0 aromatic carbocycles. The van der Waals surface area contributed by atoms with Gasteiger partial charge in [-0.25, -0.2) is 4.98 Å². The van der Waals surface area contributed by atoms with Crippen LogP contribution in [0, 0.1) is 5.41 Å². The molecule has 0 fully saturated rings. The van der Waals surface area contributed by atoms with Gasteiger partial charge in [0.25, 0.3) is 0 Å². The number of rotatable bonds is 10. The van der Waals surface area contributed by atoms with Crippen LogP contribution in [0.25, 0.3) is 11.0 Å². The van der Waals surface area contributed by atoms with Crippen LogP contribution in [-0.2, 0) is 11.3 Å². The van der Waals surface area contributed by atoms with Crippen LogP contribution >= 0.6 is 0 Å². The Bertz CT molecular complexity index is 778. The molecule has 26 heavy (non-hydrogen) atoms. The van der Waals surface area contributed by atoms with E-state index in [2.05, 4.69) is 4.98 Å². The van der Waals surface area contributed by atoms with E-state index in [1.54, 1.807) is 13.8 Å². The van der Waals surface area contributed by atoms with Crippen LogP contribution in [0.2, 0.25) is 0 Å². The summed E-state index contributed by atoms with van der Waals surface area (Å²) in [4.78, 5) is 27.1. The van der Waals surface area contributed by atoms with Crippen molar-refractivity contribution in [1.82, 2.24) is 9.55 Å². The zero-order valence-electron chi connectivity index (χ0n) is 15.9. The summed E-state index contributed by atoms with van der Waals surface area (Å²) in [7, 11) is 0. The molecule has 0 spiro atoms. The third kappa shape index (κ3) is 4.69. The van der Waals surface area contributed by atoms with E-state index in [0.717, 1.165) is 55.2 Å². The van der Waals surface area contributed by atoms with Crippen LogP contribution in [0.5, 0.6) is 0 Å². The van der Waals surface area contributed by atoms with Gasteiger partial charge in [-0.05, 0) is 51.8 Å². The number of hydrogen-bond acceptors (Lipinski definition) is 4. The molecule has 0 radical (unpaired) electrons. The second-order valence-corrected chi connectivity index (χ2v) is 7.63. The molecule has 0 saturated carbocycles. The summed E-state index contributed by atoms with van der Waals surface area (Å²) in [5.41, 5.74) is 7.49. The van der Waals surface area contributed by atoms with Crippen molar-refractivity contribution in [2.24, 2.45) is 11.1 Å². The SMILES string of the molecule is CC(N)c1ccc2cc(C=O)n(CCCCCCC(C)(C)C(=O)O)c2n1. The molecule has 2 aromatic rings. The average Bonchev–Trinajstić information content (AvgIpc) is 2.94. The highest BCUT2D eigenvalue weighted by Gasteiger charge is 2.25. The summed E-state index contributed by atoms with van der Waals surface area (Å²) in [6, 6.07) is 5.56. The Morgan fingerprint density at radius 2 is 2.00 bits per heavy atom. The molecule has 0 aliphatic carbocycles. The standard InChI is InChI=1S/C20H29N3O3/c1-14(21)17-9-8-15-12-16(13-24)23(18(15)22-17)11-7-5-4-6-10-20(2,3)19(25)26/h8-9,12-14H,4-7,10-11,21H2,1-3H3,(H,25,26). The molecule has 6 heteroatoms. The van der Waals surface area contributed by atoms with Gasteiger partial charge in [-0.15, -0.1) is 0 Å². The van der Waals surface area contributed by atoms with Gasteiger partial charge < -0.3 is 15.4 Å². The molecule has 0 saturated heterocycles. The van der Waals surface area contributed by atoms with Gasteiger partial charge in [-0.3, -0.25) is 9.59 Å². The fourth-order valence-corrected chi connectivity index (χ4v) is 3.05. The van der Waals surface area contributed by atoms with Crippen molar-refractivity contribution in [2.75, 3.05) is 0 Å². The van der Waals surface area contributed by atoms with E-state index in [1.165, 1.54) is 0 Å². The maximum absolute atomic E-state index is 11.4. The Morgan fingerprint density at radius 3 is 2.62 bits per heavy atom. The largest absolute Gasteiger partial charge is 0.481 e. The van der Waals surface area contributed by atoms with E-state index in [1.807, 2.05) is 29.7 Å². The maximum Gasteiger partial charge on any atom is 0.309 e. The summed E-state index contributed by atoms with van der Waals surface area (Å²) >= 11 is 0. The van der Waals surface area contributed by atoms with Crippen LogP contribution in [-0.4, -0.2) is 26.9 Å². The smallest absolute Gasteiger partial charge is 0.309 e. The lowest BCUT2D eigenvalue weighted by Gasteiger charge is -2.18. The minimum atomic E-state index is -0.747. The van der Waals surface area contributed by atoms with Crippen LogP contribution in [0.15, 0.2) is 18.2 Å². The zero-order valence-corrected chi connectivity index (χ0v) is 15.9. The van der Waals surface area contributed by atoms with Gasteiger partial charge in [0.1, 0.15) is 5.65 Å². The minimum Gasteiger partial charge on any atom is -0.481 e. The first-order valence-corrected chi connectivity index (χ1v) is 9.20. The number of aliphatic carboxylic acids is 1. The molecule has 3 N–H and O–H groups in total. The average molecular weight is 359 g/mol. The Morgan fingerprint density at radius 1 is 1.31 bits per heavy atom. The van der Waals surface area contributed by atoms with E-state index < -0.39 is 11.4 Å². The number of fused-ring (bicyclic) bond motifs is 1. The van der Waals surface area contributed by atoms with Gasteiger partial charge in [0.15, 0.2) is 6.29 Å². The highest BCUT2D eigenvalue weighted by Crippen LogP contribution is 2.24. The molecule has 0 bridgehead atoms. The third-order valence-corrected chi connectivity index (χ3v) is 4.90. The highest BCUT2D eigenvalue weighted by molar-refractivity contribution is 5.86. The lowest BCUT2D eigenvalue weighted by molar-refractivity contribution is -0.147. The monoisotopic (exact) mass is 359 g/mol. The van der Waals surface area contributed by atoms with Crippen LogP contribution < -0.4 is 5.73 Å². The molecule has 0 aliphatic heterocycles. The highest BCUT2D eigenvalue weighted by atomic mass is 16.4.